The van der Waals surface area contributed by atoms with Crippen LogP contribution in [-0.2, 0) is 4.79 Å². The van der Waals surface area contributed by atoms with Crippen molar-refractivity contribution in [2.45, 2.75) is 13.8 Å². The number of carbonyl (C=O) groups is 1. The molecule has 0 aliphatic rings. The van der Waals surface area contributed by atoms with Crippen LogP contribution in [0.2, 0.25) is 0 Å². The van der Waals surface area contributed by atoms with Gasteiger partial charge in [-0.05, 0) is 6.07 Å². The zero-order valence-electron chi connectivity index (χ0n) is 10.9. The Labute approximate surface area is 113 Å². The number of carbonyl (C=O) groups excluding carboxylic acids is 1. The molecule has 0 bridgehead atoms. The molecule has 0 unspecified atom stereocenters. The van der Waals surface area contributed by atoms with E-state index in [0.29, 0.717) is 16.7 Å². The van der Waals surface area contributed by atoms with Gasteiger partial charge in [-0.2, -0.15) is 14.6 Å². The summed E-state index contributed by atoms with van der Waals surface area (Å²) in [6.45, 7) is 3.50. The molecule has 0 aromatic carbocycles. The number of aromatic nitrogens is 5. The molecule has 3 aromatic heterocycles. The normalized spacial score (nSPS) is 11.3. The zero-order chi connectivity index (χ0) is 14.3. The molecule has 0 aliphatic heterocycles. The topological polar surface area (TPSA) is 94.2 Å². The monoisotopic (exact) mass is 272 g/mol. The molecular weight excluding hydrogens is 260 g/mol. The van der Waals surface area contributed by atoms with Gasteiger partial charge in [0.25, 0.3) is 11.3 Å². The van der Waals surface area contributed by atoms with Gasteiger partial charge in [-0.25, -0.2) is 9.66 Å². The lowest BCUT2D eigenvalue weighted by Crippen LogP contribution is -2.35. The molecule has 8 nitrogen and oxygen atoms in total. The van der Waals surface area contributed by atoms with Crippen molar-refractivity contribution >= 4 is 22.6 Å². The molecule has 102 valence electrons. The van der Waals surface area contributed by atoms with Crippen molar-refractivity contribution in [1.29, 1.82) is 0 Å². The molecule has 0 radical (unpaired) electrons. The summed E-state index contributed by atoms with van der Waals surface area (Å²) in [5, 5.41) is 4.37. The van der Waals surface area contributed by atoms with E-state index in [1.165, 1.54) is 23.2 Å². The Balaban J connectivity index is 2.18. The summed E-state index contributed by atoms with van der Waals surface area (Å²) in [5.74, 6) is -0.0318. The van der Waals surface area contributed by atoms with Gasteiger partial charge in [-0.1, -0.05) is 13.8 Å². The molecular formula is C12H12N6O2. The first-order valence-corrected chi connectivity index (χ1v) is 6.09. The summed E-state index contributed by atoms with van der Waals surface area (Å²) in [4.78, 5) is 32.0. The maximum Gasteiger partial charge on any atom is 0.280 e. The van der Waals surface area contributed by atoms with Gasteiger partial charge < -0.3 is 0 Å². The van der Waals surface area contributed by atoms with E-state index in [1.807, 2.05) is 0 Å². The minimum absolute atomic E-state index is 0.214. The molecule has 0 saturated carbocycles. The molecule has 0 fully saturated rings. The largest absolute Gasteiger partial charge is 0.280 e. The van der Waals surface area contributed by atoms with Gasteiger partial charge in [0.15, 0.2) is 0 Å². The number of hydrogen-bond acceptors (Lipinski definition) is 5. The van der Waals surface area contributed by atoms with Gasteiger partial charge in [0.2, 0.25) is 5.91 Å². The van der Waals surface area contributed by atoms with E-state index in [0.717, 1.165) is 4.68 Å². The second-order valence-electron chi connectivity index (χ2n) is 4.65. The summed E-state index contributed by atoms with van der Waals surface area (Å²) >= 11 is 0. The van der Waals surface area contributed by atoms with E-state index in [9.17, 15) is 9.59 Å². The van der Waals surface area contributed by atoms with Gasteiger partial charge in [-0.3, -0.25) is 15.0 Å². The number of nitrogens with one attached hydrogen (secondary N) is 1. The summed E-state index contributed by atoms with van der Waals surface area (Å²) < 4.78 is 2.63. The van der Waals surface area contributed by atoms with Crippen LogP contribution in [-0.4, -0.2) is 30.2 Å². The average molecular weight is 272 g/mol. The predicted octanol–water partition coefficient (Wildman–Crippen LogP) is 0.165. The summed E-state index contributed by atoms with van der Waals surface area (Å²) in [7, 11) is 0. The van der Waals surface area contributed by atoms with Crippen LogP contribution in [0, 0.1) is 5.92 Å². The van der Waals surface area contributed by atoms with Crippen LogP contribution < -0.4 is 11.0 Å². The number of pyridine rings is 1. The van der Waals surface area contributed by atoms with Crippen molar-refractivity contribution in [2.75, 3.05) is 5.43 Å². The van der Waals surface area contributed by atoms with Crippen LogP contribution in [0.1, 0.15) is 13.8 Å². The second kappa shape index (κ2) is 4.41. The van der Waals surface area contributed by atoms with Gasteiger partial charge in [0.1, 0.15) is 6.33 Å². The lowest BCUT2D eigenvalue weighted by Gasteiger charge is -2.10. The fourth-order valence-electron chi connectivity index (χ4n) is 1.80. The highest BCUT2D eigenvalue weighted by atomic mass is 16.2. The molecule has 0 aliphatic carbocycles. The Morgan fingerprint density at radius 2 is 2.15 bits per heavy atom. The predicted molar refractivity (Wildman–Crippen MR) is 71.8 cm³/mol. The molecule has 20 heavy (non-hydrogen) atoms. The SMILES string of the molecule is CC(C)C(=O)Nn1ccc2c(cnc3ncnn32)c1=O. The van der Waals surface area contributed by atoms with Crippen molar-refractivity contribution in [2.24, 2.45) is 5.92 Å². The lowest BCUT2D eigenvalue weighted by molar-refractivity contribution is -0.119. The molecule has 8 heteroatoms. The highest BCUT2D eigenvalue weighted by Crippen LogP contribution is 2.08. The Kier molecular flexibility index (Phi) is 2.70. The van der Waals surface area contributed by atoms with Gasteiger partial charge in [0.05, 0.1) is 10.9 Å². The van der Waals surface area contributed by atoms with Crippen LogP contribution in [0.3, 0.4) is 0 Å². The molecule has 0 saturated heterocycles. The van der Waals surface area contributed by atoms with Crippen LogP contribution in [0.5, 0.6) is 0 Å². The lowest BCUT2D eigenvalue weighted by atomic mass is 10.2. The minimum atomic E-state index is -0.360. The van der Waals surface area contributed by atoms with E-state index in [4.69, 9.17) is 0 Å². The first-order chi connectivity index (χ1) is 9.58. The first-order valence-electron chi connectivity index (χ1n) is 6.09. The number of amides is 1. The standard InChI is InChI=1S/C12H12N6O2/c1-7(2)10(19)16-17-4-3-9-8(11(17)20)5-13-12-14-6-15-18(9)12/h3-7H,1-2H3,(H,16,19). The third-order valence-corrected chi connectivity index (χ3v) is 2.93. The smallest absolute Gasteiger partial charge is 0.273 e. The van der Waals surface area contributed by atoms with Crippen LogP contribution in [0.25, 0.3) is 16.7 Å². The molecule has 0 atom stereocenters. The van der Waals surface area contributed by atoms with Crippen LogP contribution in [0.15, 0.2) is 29.6 Å². The third-order valence-electron chi connectivity index (χ3n) is 2.93. The quantitative estimate of drug-likeness (QED) is 0.717. The highest BCUT2D eigenvalue weighted by Gasteiger charge is 2.11. The molecule has 3 heterocycles. The van der Waals surface area contributed by atoms with Gasteiger partial charge in [0, 0.05) is 18.3 Å². The molecule has 1 amide bonds. The van der Waals surface area contributed by atoms with E-state index in [-0.39, 0.29) is 17.4 Å². The van der Waals surface area contributed by atoms with Crippen LogP contribution >= 0.6 is 0 Å². The fraction of sp³-hybridized carbons (Fsp3) is 0.250. The van der Waals surface area contributed by atoms with Crippen molar-refractivity contribution < 1.29 is 4.79 Å². The summed E-state index contributed by atoms with van der Waals surface area (Å²) in [6, 6.07) is 1.68. The number of hydrogen-bond donors (Lipinski definition) is 1. The molecule has 1 N–H and O–H groups in total. The molecule has 3 aromatic rings. The van der Waals surface area contributed by atoms with Gasteiger partial charge in [-0.15, -0.1) is 0 Å². The number of fused-ring (bicyclic) bond motifs is 3. The average Bonchev–Trinajstić information content (AvgIpc) is 2.90. The van der Waals surface area contributed by atoms with E-state index < -0.39 is 0 Å². The Morgan fingerprint density at radius 3 is 2.90 bits per heavy atom. The van der Waals surface area contributed by atoms with Crippen molar-refractivity contribution in [3.05, 3.63) is 35.1 Å². The summed E-state index contributed by atoms with van der Waals surface area (Å²) in [5.41, 5.74) is 2.77. The second-order valence-corrected chi connectivity index (χ2v) is 4.65. The molecule has 0 spiro atoms. The maximum atomic E-state index is 12.3. The first kappa shape index (κ1) is 12.3. The maximum absolute atomic E-state index is 12.3. The zero-order valence-corrected chi connectivity index (χ0v) is 10.9. The van der Waals surface area contributed by atoms with Crippen molar-refractivity contribution in [3.63, 3.8) is 0 Å². The third kappa shape index (κ3) is 1.81. The Hall–Kier alpha value is -2.77. The van der Waals surface area contributed by atoms with Crippen LogP contribution in [0.4, 0.5) is 0 Å². The Bertz CT molecular complexity index is 863. The van der Waals surface area contributed by atoms with E-state index in [1.54, 1.807) is 19.9 Å². The van der Waals surface area contributed by atoms with Crippen molar-refractivity contribution in [1.82, 2.24) is 24.3 Å². The summed E-state index contributed by atoms with van der Waals surface area (Å²) in [6.07, 6.45) is 4.29. The minimum Gasteiger partial charge on any atom is -0.273 e. The van der Waals surface area contributed by atoms with Crippen molar-refractivity contribution in [3.8, 4) is 0 Å². The Morgan fingerprint density at radius 1 is 1.35 bits per heavy atom. The fourth-order valence-corrected chi connectivity index (χ4v) is 1.80. The van der Waals surface area contributed by atoms with E-state index in [2.05, 4.69) is 20.5 Å². The highest BCUT2D eigenvalue weighted by molar-refractivity contribution is 5.86. The molecule has 3 rings (SSSR count). The number of nitrogens with zero attached hydrogens (tertiary/aromatic N) is 5. The number of rotatable bonds is 2. The van der Waals surface area contributed by atoms with Gasteiger partial charge >= 0.3 is 0 Å². The van der Waals surface area contributed by atoms with E-state index >= 15 is 0 Å².